The standard InChI is InChI=1S/C20H28N3O2.6ClH.Sb/c1-12(2)20(13(3)4)18-14-5-6-15(11-14)19(18)22(21-20)16-7-9-17(10-8-16)23(24)25;;;;;;;/h7-10,12-15,18-19H,5-6,11H2,1-4H3;6*1H;/q+1;;;;;;;+5/p-6/t14-,15+,18+,19-;;;;;;;/m1......./s1. The van der Waals surface area contributed by atoms with Crippen molar-refractivity contribution in [2.24, 2.45) is 34.7 Å². The molecule has 3 aliphatic rings. The Balaban J connectivity index is 0.000000360. The predicted molar refractivity (Wildman–Crippen MR) is 137 cm³/mol. The van der Waals surface area contributed by atoms with Crippen molar-refractivity contribution in [2.45, 2.75) is 58.5 Å². The van der Waals surface area contributed by atoms with Crippen molar-refractivity contribution in [1.29, 1.82) is 0 Å². The van der Waals surface area contributed by atoms with Crippen molar-refractivity contribution in [1.82, 2.24) is 0 Å². The first-order chi connectivity index (χ1) is 14.3. The van der Waals surface area contributed by atoms with Crippen LogP contribution in [0.1, 0.15) is 47.0 Å². The van der Waals surface area contributed by atoms with E-state index in [1.807, 2.05) is 12.1 Å². The molecule has 12 heteroatoms. The van der Waals surface area contributed by atoms with Crippen LogP contribution in [0.4, 0.5) is 11.4 Å². The van der Waals surface area contributed by atoms with E-state index < -0.39 is 9.14 Å². The first-order valence-corrected chi connectivity index (χ1v) is 30.0. The molecule has 1 aromatic rings. The fourth-order valence-electron chi connectivity index (χ4n) is 6.21. The van der Waals surface area contributed by atoms with Gasteiger partial charge in [0.1, 0.15) is 5.54 Å². The molecule has 2 fully saturated rings. The van der Waals surface area contributed by atoms with E-state index in [-0.39, 0.29) is 16.1 Å². The van der Waals surface area contributed by atoms with Crippen LogP contribution >= 0.6 is 53.0 Å². The summed E-state index contributed by atoms with van der Waals surface area (Å²) in [4.78, 5) is 10.6. The van der Waals surface area contributed by atoms with Crippen LogP contribution in [0, 0.1) is 39.7 Å². The Morgan fingerprint density at radius 3 is 1.91 bits per heavy atom. The summed E-state index contributed by atoms with van der Waals surface area (Å²) in [6.07, 6.45) is 3.98. The molecule has 0 radical (unpaired) electrons. The molecule has 2 saturated carbocycles. The van der Waals surface area contributed by atoms with E-state index in [0.29, 0.717) is 29.7 Å². The van der Waals surface area contributed by atoms with E-state index in [2.05, 4.69) is 32.4 Å². The summed E-state index contributed by atoms with van der Waals surface area (Å²) in [7, 11) is 25.0. The Morgan fingerprint density at radius 1 is 1.00 bits per heavy atom. The van der Waals surface area contributed by atoms with Gasteiger partial charge in [0.25, 0.3) is 5.69 Å². The van der Waals surface area contributed by atoms with Gasteiger partial charge >= 0.3 is 62.1 Å². The number of fused-ring (bicyclic) bond motifs is 5. The molecule has 2 bridgehead atoms. The zero-order valence-electron chi connectivity index (χ0n) is 18.3. The topological polar surface area (TPSA) is 58.5 Å². The minimum atomic E-state index is -5.42. The van der Waals surface area contributed by atoms with Crippen LogP contribution in [-0.2, 0) is 0 Å². The second kappa shape index (κ2) is 8.42. The Morgan fingerprint density at radius 2 is 1.47 bits per heavy atom. The molecule has 4 atom stereocenters. The number of nitro benzene ring substituents is 1. The first kappa shape index (κ1) is 27.4. The van der Waals surface area contributed by atoms with Gasteiger partial charge in [-0.15, -0.1) is 0 Å². The molecule has 32 heavy (non-hydrogen) atoms. The third-order valence-electron chi connectivity index (χ3n) is 7.14. The summed E-state index contributed by atoms with van der Waals surface area (Å²) in [5.74, 6) is 3.09. The average molecular weight is 677 g/mol. The minimum absolute atomic E-state index is 0.0215. The van der Waals surface area contributed by atoms with Crippen molar-refractivity contribution in [3.63, 3.8) is 0 Å². The van der Waals surface area contributed by atoms with Gasteiger partial charge in [0.15, 0.2) is 6.04 Å². The van der Waals surface area contributed by atoms with Gasteiger partial charge in [0.05, 0.1) is 10.8 Å². The predicted octanol–water partition coefficient (Wildman–Crippen LogP) is 8.93. The van der Waals surface area contributed by atoms with Gasteiger partial charge in [-0.05, 0) is 42.1 Å². The third-order valence-corrected chi connectivity index (χ3v) is 7.14. The number of azo groups is 2. The molecule has 1 heterocycles. The second-order valence-electron chi connectivity index (χ2n) is 9.72. The van der Waals surface area contributed by atoms with Crippen LogP contribution < -0.4 is 0 Å². The summed E-state index contributed by atoms with van der Waals surface area (Å²) >= 11 is 0. The first-order valence-electron chi connectivity index (χ1n) is 10.6. The van der Waals surface area contributed by atoms with Gasteiger partial charge < -0.3 is 0 Å². The molecule has 0 unspecified atom stereocenters. The van der Waals surface area contributed by atoms with Gasteiger partial charge in [-0.2, -0.15) is 0 Å². The molecule has 5 nitrogen and oxygen atoms in total. The van der Waals surface area contributed by atoms with E-state index in [1.165, 1.54) is 19.3 Å². The van der Waals surface area contributed by atoms with Crippen molar-refractivity contribution in [2.75, 3.05) is 0 Å². The quantitative estimate of drug-likeness (QED) is 0.138. The molecule has 0 amide bonds. The summed E-state index contributed by atoms with van der Waals surface area (Å²) in [5, 5.41) is 16.3. The van der Waals surface area contributed by atoms with Gasteiger partial charge in [0, 0.05) is 30.2 Å². The van der Waals surface area contributed by atoms with Crippen LogP contribution in [0.2, 0.25) is 0 Å². The number of hydrogen-bond acceptors (Lipinski definition) is 3. The number of nitro groups is 1. The molecule has 2 aliphatic carbocycles. The number of benzene rings is 1. The molecule has 0 N–H and O–H groups in total. The molecular weight excluding hydrogens is 649 g/mol. The van der Waals surface area contributed by atoms with Crippen LogP contribution in [0.5, 0.6) is 0 Å². The van der Waals surface area contributed by atoms with Crippen LogP contribution in [-0.4, -0.2) is 30.3 Å². The average Bonchev–Trinajstić information content (AvgIpc) is 3.30. The zero-order valence-corrected chi connectivity index (χ0v) is 25.4. The maximum absolute atomic E-state index is 11.0. The van der Waals surface area contributed by atoms with E-state index in [0.717, 1.165) is 11.6 Å². The van der Waals surface area contributed by atoms with E-state index in [9.17, 15) is 10.1 Å². The molecule has 4 rings (SSSR count). The zero-order chi connectivity index (χ0) is 24.3. The van der Waals surface area contributed by atoms with Gasteiger partial charge in [-0.25, -0.2) is 0 Å². The number of nitrogens with zero attached hydrogens (tertiary/aromatic N) is 3. The van der Waals surface area contributed by atoms with Crippen molar-refractivity contribution >= 4 is 73.5 Å². The number of halogens is 6. The van der Waals surface area contributed by atoms with E-state index >= 15 is 0 Å². The van der Waals surface area contributed by atoms with Crippen molar-refractivity contribution < 1.29 is 9.62 Å². The number of hydrogen-bond donors (Lipinski definition) is 0. The summed E-state index contributed by atoms with van der Waals surface area (Å²) in [6.45, 7) is 9.25. The van der Waals surface area contributed by atoms with Gasteiger partial charge in [0.2, 0.25) is 5.69 Å². The SMILES string of the molecule is CC(C)C1(C(C)C)N=[N+](c2ccc([N+](=O)[O-])cc2)[C@@H]2[C@H]3CC[C@H](C3)[C@@H]21.[Cl][Sb-]([Cl])([Cl])([Cl])([Cl])[Cl]. The molecule has 1 aromatic carbocycles. The van der Waals surface area contributed by atoms with Crippen LogP contribution in [0.3, 0.4) is 0 Å². The maximum atomic E-state index is 11.0. The van der Waals surface area contributed by atoms with E-state index in [1.54, 1.807) is 12.1 Å². The molecule has 1 aliphatic heterocycles. The summed E-state index contributed by atoms with van der Waals surface area (Å²) in [6, 6.07) is 7.43. The monoisotopic (exact) mass is 673 g/mol. The summed E-state index contributed by atoms with van der Waals surface area (Å²) < 4.78 is 2.25. The number of rotatable bonds is 4. The normalized spacial score (nSPS) is 30.3. The Bertz CT molecular complexity index is 912. The molecule has 0 aromatic heterocycles. The van der Waals surface area contributed by atoms with Gasteiger partial charge in [-0.1, -0.05) is 32.4 Å². The Kier molecular flexibility index (Phi) is 7.20. The van der Waals surface area contributed by atoms with Gasteiger partial charge in [-0.3, -0.25) is 10.1 Å². The van der Waals surface area contributed by atoms with Crippen molar-refractivity contribution in [3.8, 4) is 0 Å². The Labute approximate surface area is 209 Å². The molecule has 0 spiro atoms. The Hall–Kier alpha value is 0.778. The van der Waals surface area contributed by atoms with E-state index in [4.69, 9.17) is 58.1 Å². The summed E-state index contributed by atoms with van der Waals surface area (Å²) in [5.41, 5.74) is 1.13. The molecule has 0 saturated heterocycles. The second-order valence-corrected chi connectivity index (χ2v) is 66.6. The molecular formula is C20H28Cl6N3O2Sb. The van der Waals surface area contributed by atoms with Crippen LogP contribution in [0.15, 0.2) is 29.4 Å². The third kappa shape index (κ3) is 6.12. The fourth-order valence-corrected chi connectivity index (χ4v) is 6.21. The van der Waals surface area contributed by atoms with Crippen molar-refractivity contribution in [3.05, 3.63) is 34.4 Å². The fraction of sp³-hybridized carbons (Fsp3) is 0.700. The molecule has 182 valence electrons. The van der Waals surface area contributed by atoms with Crippen LogP contribution in [0.25, 0.3) is 0 Å². The number of non-ortho nitro benzene ring substituents is 1.